The summed E-state index contributed by atoms with van der Waals surface area (Å²) in [5, 5.41) is 4.17. The number of carbonyl (C=O) groups excluding carboxylic acids is 1. The van der Waals surface area contributed by atoms with Crippen LogP contribution in [0.5, 0.6) is 11.5 Å². The molecule has 5 nitrogen and oxygen atoms in total. The summed E-state index contributed by atoms with van der Waals surface area (Å²) in [6, 6.07) is 13.6. The highest BCUT2D eigenvalue weighted by atomic mass is 79.9. The van der Waals surface area contributed by atoms with Gasteiger partial charge in [0.15, 0.2) is 11.5 Å². The molecule has 3 atom stereocenters. The SMILES string of the molecule is COc1cc(/C=N\NC(=O)[C@@H]2[C@@H]3CCCC[C@@]23C)ccc1OCc1ccc(Br)cc1. The van der Waals surface area contributed by atoms with Crippen LogP contribution in [0.25, 0.3) is 0 Å². The van der Waals surface area contributed by atoms with Gasteiger partial charge in [-0.3, -0.25) is 4.79 Å². The van der Waals surface area contributed by atoms with Gasteiger partial charge in [0, 0.05) is 10.4 Å². The average Bonchev–Trinajstić information content (AvgIpc) is 3.39. The van der Waals surface area contributed by atoms with E-state index in [2.05, 4.69) is 33.4 Å². The highest BCUT2D eigenvalue weighted by molar-refractivity contribution is 9.10. The van der Waals surface area contributed by atoms with Crippen LogP contribution in [0.3, 0.4) is 0 Å². The summed E-state index contributed by atoms with van der Waals surface area (Å²) < 4.78 is 12.4. The first kappa shape index (κ1) is 20.9. The lowest BCUT2D eigenvalue weighted by Gasteiger charge is -2.15. The van der Waals surface area contributed by atoms with Crippen molar-refractivity contribution < 1.29 is 14.3 Å². The molecule has 4 rings (SSSR count). The van der Waals surface area contributed by atoms with Crippen LogP contribution in [0.2, 0.25) is 0 Å². The zero-order chi connectivity index (χ0) is 21.1. The van der Waals surface area contributed by atoms with Crippen molar-refractivity contribution in [3.05, 3.63) is 58.1 Å². The number of methoxy groups -OCH3 is 1. The molecule has 0 radical (unpaired) electrons. The second-order valence-electron chi connectivity index (χ2n) is 8.40. The molecular formula is C24H27BrN2O3. The van der Waals surface area contributed by atoms with Crippen LogP contribution < -0.4 is 14.9 Å². The fraction of sp³-hybridized carbons (Fsp3) is 0.417. The lowest BCUT2D eigenvalue weighted by atomic mass is 9.90. The smallest absolute Gasteiger partial charge is 0.244 e. The first-order chi connectivity index (χ1) is 14.5. The normalized spacial score (nSPS) is 24.9. The summed E-state index contributed by atoms with van der Waals surface area (Å²) in [6.07, 6.45) is 6.43. The summed E-state index contributed by atoms with van der Waals surface area (Å²) in [5.74, 6) is 1.98. The Kier molecular flexibility index (Phi) is 6.14. The Morgan fingerprint density at radius 2 is 2.03 bits per heavy atom. The van der Waals surface area contributed by atoms with Gasteiger partial charge in [0.05, 0.1) is 13.3 Å². The highest BCUT2D eigenvalue weighted by Gasteiger charge is 2.64. The maximum absolute atomic E-state index is 12.5. The minimum Gasteiger partial charge on any atom is -0.493 e. The highest BCUT2D eigenvalue weighted by Crippen LogP contribution is 2.66. The number of hydrazone groups is 1. The Balaban J connectivity index is 1.34. The van der Waals surface area contributed by atoms with Crippen LogP contribution in [0, 0.1) is 17.3 Å². The average molecular weight is 471 g/mol. The van der Waals surface area contributed by atoms with Crippen molar-refractivity contribution in [2.24, 2.45) is 22.4 Å². The minimum absolute atomic E-state index is 0.0436. The number of ether oxygens (including phenoxy) is 2. The van der Waals surface area contributed by atoms with Crippen LogP contribution in [0.1, 0.15) is 43.7 Å². The molecule has 0 bridgehead atoms. The molecule has 2 fully saturated rings. The molecule has 2 aromatic carbocycles. The number of hydrogen-bond acceptors (Lipinski definition) is 4. The Bertz CT molecular complexity index is 944. The minimum atomic E-state index is 0.0436. The van der Waals surface area contributed by atoms with E-state index in [0.29, 0.717) is 24.0 Å². The Morgan fingerprint density at radius 3 is 2.73 bits per heavy atom. The number of nitrogens with one attached hydrogen (secondary N) is 1. The molecule has 158 valence electrons. The molecule has 2 aliphatic carbocycles. The van der Waals surface area contributed by atoms with E-state index in [-0.39, 0.29) is 17.2 Å². The zero-order valence-electron chi connectivity index (χ0n) is 17.4. The van der Waals surface area contributed by atoms with E-state index in [0.717, 1.165) is 28.4 Å². The van der Waals surface area contributed by atoms with Crippen LogP contribution in [0.4, 0.5) is 0 Å². The van der Waals surface area contributed by atoms with E-state index in [1.54, 1.807) is 13.3 Å². The second kappa shape index (κ2) is 8.80. The molecule has 2 saturated carbocycles. The molecule has 1 amide bonds. The summed E-state index contributed by atoms with van der Waals surface area (Å²) in [7, 11) is 1.61. The molecule has 1 N–H and O–H groups in total. The summed E-state index contributed by atoms with van der Waals surface area (Å²) in [4.78, 5) is 12.5. The van der Waals surface area contributed by atoms with Gasteiger partial charge in [0.25, 0.3) is 0 Å². The van der Waals surface area contributed by atoms with E-state index >= 15 is 0 Å². The first-order valence-electron chi connectivity index (χ1n) is 10.4. The van der Waals surface area contributed by atoms with Crippen molar-refractivity contribution in [1.82, 2.24) is 5.43 Å². The largest absolute Gasteiger partial charge is 0.493 e. The fourth-order valence-corrected chi connectivity index (χ4v) is 4.98. The lowest BCUT2D eigenvalue weighted by molar-refractivity contribution is -0.123. The van der Waals surface area contributed by atoms with Gasteiger partial charge in [-0.25, -0.2) is 5.43 Å². The fourth-order valence-electron chi connectivity index (χ4n) is 4.72. The third-order valence-electron chi connectivity index (χ3n) is 6.50. The number of benzene rings is 2. The number of halogens is 1. The van der Waals surface area contributed by atoms with Crippen LogP contribution in [-0.4, -0.2) is 19.2 Å². The van der Waals surface area contributed by atoms with Crippen LogP contribution in [0.15, 0.2) is 52.0 Å². The van der Waals surface area contributed by atoms with Gasteiger partial charge in [0.1, 0.15) is 6.61 Å². The van der Waals surface area contributed by atoms with E-state index in [1.807, 2.05) is 42.5 Å². The number of nitrogens with zero attached hydrogens (tertiary/aromatic N) is 1. The van der Waals surface area contributed by atoms with Gasteiger partial charge in [-0.2, -0.15) is 5.10 Å². The Hall–Kier alpha value is -2.34. The third kappa shape index (κ3) is 4.38. The first-order valence-corrected chi connectivity index (χ1v) is 11.2. The van der Waals surface area contributed by atoms with Gasteiger partial charge in [0.2, 0.25) is 5.91 Å². The van der Waals surface area contributed by atoms with Crippen molar-refractivity contribution >= 4 is 28.1 Å². The second-order valence-corrected chi connectivity index (χ2v) is 9.31. The van der Waals surface area contributed by atoms with Gasteiger partial charge in [-0.15, -0.1) is 0 Å². The molecule has 0 unspecified atom stereocenters. The topological polar surface area (TPSA) is 59.9 Å². The summed E-state index contributed by atoms with van der Waals surface area (Å²) >= 11 is 3.43. The number of fused-ring (bicyclic) bond motifs is 1. The molecule has 6 heteroatoms. The van der Waals surface area contributed by atoms with Crippen molar-refractivity contribution in [1.29, 1.82) is 0 Å². The Morgan fingerprint density at radius 1 is 1.23 bits per heavy atom. The molecule has 0 aliphatic heterocycles. The maximum atomic E-state index is 12.5. The van der Waals surface area contributed by atoms with Crippen molar-refractivity contribution in [3.63, 3.8) is 0 Å². The monoisotopic (exact) mass is 470 g/mol. The Labute approximate surface area is 186 Å². The number of rotatable bonds is 7. The van der Waals surface area contributed by atoms with E-state index in [9.17, 15) is 4.79 Å². The standard InChI is InChI=1S/C24H27BrN2O3/c1-24-12-4-3-5-19(24)22(24)23(28)27-26-14-17-8-11-20(21(13-17)29-2)30-15-16-6-9-18(25)10-7-16/h6-11,13-14,19,22H,3-5,12,15H2,1-2H3,(H,27,28)/b26-14-/t19-,22-,24+/m0/s1. The molecule has 0 aromatic heterocycles. The molecule has 2 aliphatic rings. The third-order valence-corrected chi connectivity index (χ3v) is 7.03. The van der Waals surface area contributed by atoms with E-state index < -0.39 is 0 Å². The zero-order valence-corrected chi connectivity index (χ0v) is 18.9. The summed E-state index contributed by atoms with van der Waals surface area (Å²) in [6.45, 7) is 2.69. The number of amides is 1. The van der Waals surface area contributed by atoms with Gasteiger partial charge >= 0.3 is 0 Å². The van der Waals surface area contributed by atoms with Crippen LogP contribution in [-0.2, 0) is 11.4 Å². The quantitative estimate of drug-likeness (QED) is 0.440. The predicted molar refractivity (Wildman–Crippen MR) is 121 cm³/mol. The summed E-state index contributed by atoms with van der Waals surface area (Å²) in [5.41, 5.74) is 4.83. The van der Waals surface area contributed by atoms with E-state index in [1.165, 1.54) is 12.8 Å². The molecular weight excluding hydrogens is 444 g/mol. The van der Waals surface area contributed by atoms with Gasteiger partial charge < -0.3 is 9.47 Å². The van der Waals surface area contributed by atoms with Crippen molar-refractivity contribution in [3.8, 4) is 11.5 Å². The van der Waals surface area contributed by atoms with Crippen molar-refractivity contribution in [2.45, 2.75) is 39.2 Å². The molecule has 0 heterocycles. The molecule has 0 spiro atoms. The molecule has 2 aromatic rings. The predicted octanol–water partition coefficient (Wildman–Crippen LogP) is 5.31. The lowest BCUT2D eigenvalue weighted by Crippen LogP contribution is -2.22. The molecule has 30 heavy (non-hydrogen) atoms. The van der Waals surface area contributed by atoms with Crippen LogP contribution >= 0.6 is 15.9 Å². The molecule has 0 saturated heterocycles. The number of carbonyl (C=O) groups is 1. The van der Waals surface area contributed by atoms with Crippen molar-refractivity contribution in [2.75, 3.05) is 7.11 Å². The van der Waals surface area contributed by atoms with Gasteiger partial charge in [-0.05, 0) is 65.6 Å². The maximum Gasteiger partial charge on any atom is 0.244 e. The van der Waals surface area contributed by atoms with E-state index in [4.69, 9.17) is 9.47 Å². The van der Waals surface area contributed by atoms with Gasteiger partial charge in [-0.1, -0.05) is 47.8 Å². The number of hydrogen-bond donors (Lipinski definition) is 1.